The summed E-state index contributed by atoms with van der Waals surface area (Å²) in [6.45, 7) is 0.264. The van der Waals surface area contributed by atoms with Gasteiger partial charge in [0.1, 0.15) is 0 Å². The number of benzene rings is 2. The molecule has 0 aliphatic carbocycles. The van der Waals surface area contributed by atoms with Crippen molar-refractivity contribution in [2.45, 2.75) is 11.3 Å². The van der Waals surface area contributed by atoms with Crippen molar-refractivity contribution in [1.29, 1.82) is 0 Å². The summed E-state index contributed by atoms with van der Waals surface area (Å²) < 4.78 is 30.0. The molecule has 0 radical (unpaired) electrons. The van der Waals surface area contributed by atoms with Gasteiger partial charge in [0.25, 0.3) is 0 Å². The first-order valence-electron chi connectivity index (χ1n) is 8.27. The zero-order valence-corrected chi connectivity index (χ0v) is 18.3. The highest BCUT2D eigenvalue weighted by atomic mass is 79.9. The largest absolute Gasteiger partial charge is 0.240 e. The van der Waals surface area contributed by atoms with Gasteiger partial charge in [-0.3, -0.25) is 0 Å². The van der Waals surface area contributed by atoms with E-state index in [0.29, 0.717) is 17.3 Å². The van der Waals surface area contributed by atoms with Crippen LogP contribution in [0.5, 0.6) is 0 Å². The Bertz CT molecular complexity index is 1220. The molecule has 10 heteroatoms. The van der Waals surface area contributed by atoms with E-state index in [-0.39, 0.29) is 11.4 Å². The molecule has 2 aromatic carbocycles. The molecule has 0 atom stereocenters. The Morgan fingerprint density at radius 3 is 2.54 bits per heavy atom. The first-order valence-corrected chi connectivity index (χ1v) is 11.8. The standard InChI is InChI=1S/C18H14BrClN4O2S2/c19-13-3-7-16(8-4-13)28(25,26)21-10-9-15-11-27-18-22-17(23-24(15)18)12-1-5-14(20)6-2-12/h1-8,11,21H,9-10H2. The van der Waals surface area contributed by atoms with Gasteiger partial charge in [-0.2, -0.15) is 4.98 Å². The van der Waals surface area contributed by atoms with E-state index in [2.05, 4.69) is 30.7 Å². The van der Waals surface area contributed by atoms with Crippen molar-refractivity contribution in [3.05, 3.63) is 69.1 Å². The zero-order chi connectivity index (χ0) is 19.7. The molecule has 4 aromatic rings. The summed E-state index contributed by atoms with van der Waals surface area (Å²) in [6, 6.07) is 13.8. The molecule has 2 heterocycles. The SMILES string of the molecule is O=S(=O)(NCCc1csc2nc(-c3ccc(Cl)cc3)nn12)c1ccc(Br)cc1. The van der Waals surface area contributed by atoms with Crippen LogP contribution in [-0.4, -0.2) is 29.6 Å². The highest BCUT2D eigenvalue weighted by Crippen LogP contribution is 2.22. The molecule has 0 amide bonds. The van der Waals surface area contributed by atoms with Gasteiger partial charge in [-0.1, -0.05) is 27.5 Å². The summed E-state index contributed by atoms with van der Waals surface area (Å²) in [6.07, 6.45) is 0.499. The minimum Gasteiger partial charge on any atom is -0.211 e. The number of aromatic nitrogens is 3. The van der Waals surface area contributed by atoms with Crippen LogP contribution >= 0.6 is 38.9 Å². The Kier molecular flexibility index (Phi) is 5.52. The predicted octanol–water partition coefficient (Wildman–Crippen LogP) is 4.39. The van der Waals surface area contributed by atoms with Gasteiger partial charge in [-0.25, -0.2) is 17.7 Å². The number of halogens is 2. The average molecular weight is 498 g/mol. The summed E-state index contributed by atoms with van der Waals surface area (Å²) >= 11 is 10.7. The quantitative estimate of drug-likeness (QED) is 0.428. The molecule has 6 nitrogen and oxygen atoms in total. The van der Waals surface area contributed by atoms with E-state index in [9.17, 15) is 8.42 Å². The first kappa shape index (κ1) is 19.5. The Morgan fingerprint density at radius 1 is 1.11 bits per heavy atom. The molecule has 0 saturated carbocycles. The van der Waals surface area contributed by atoms with E-state index in [4.69, 9.17) is 11.6 Å². The van der Waals surface area contributed by atoms with Gasteiger partial charge in [-0.05, 0) is 48.5 Å². The number of rotatable bonds is 6. The second-order valence-corrected chi connectivity index (χ2v) is 9.92. The second-order valence-electron chi connectivity index (χ2n) is 5.97. The van der Waals surface area contributed by atoms with Crippen molar-refractivity contribution in [2.75, 3.05) is 6.54 Å². The Labute approximate surface area is 179 Å². The lowest BCUT2D eigenvalue weighted by Gasteiger charge is -2.06. The Balaban J connectivity index is 1.48. The van der Waals surface area contributed by atoms with Crippen molar-refractivity contribution in [3.8, 4) is 11.4 Å². The summed E-state index contributed by atoms with van der Waals surface area (Å²) in [4.78, 5) is 5.52. The number of fused-ring (bicyclic) bond motifs is 1. The summed E-state index contributed by atoms with van der Waals surface area (Å²) in [5, 5.41) is 7.14. The summed E-state index contributed by atoms with van der Waals surface area (Å²) in [7, 11) is -3.55. The highest BCUT2D eigenvalue weighted by Gasteiger charge is 2.15. The maximum Gasteiger partial charge on any atom is 0.240 e. The number of hydrogen-bond donors (Lipinski definition) is 1. The molecule has 144 valence electrons. The lowest BCUT2D eigenvalue weighted by atomic mass is 10.2. The first-order chi connectivity index (χ1) is 13.4. The molecule has 28 heavy (non-hydrogen) atoms. The average Bonchev–Trinajstić information content (AvgIpc) is 3.24. The van der Waals surface area contributed by atoms with E-state index >= 15 is 0 Å². The maximum absolute atomic E-state index is 12.4. The summed E-state index contributed by atoms with van der Waals surface area (Å²) in [5.41, 5.74) is 1.77. The van der Waals surface area contributed by atoms with Gasteiger partial charge in [-0.15, -0.1) is 16.4 Å². The molecular formula is C18H14BrClN4O2S2. The molecule has 0 aliphatic rings. The molecule has 0 unspecified atom stereocenters. The third kappa shape index (κ3) is 4.13. The fourth-order valence-corrected chi connectivity index (χ4v) is 4.91. The van der Waals surface area contributed by atoms with Crippen LogP contribution in [0.4, 0.5) is 0 Å². The van der Waals surface area contributed by atoms with Crippen LogP contribution in [0.25, 0.3) is 16.3 Å². The number of thiazole rings is 1. The van der Waals surface area contributed by atoms with Gasteiger partial charge in [0, 0.05) is 33.4 Å². The van der Waals surface area contributed by atoms with Gasteiger partial charge < -0.3 is 0 Å². The van der Waals surface area contributed by atoms with Crippen LogP contribution < -0.4 is 4.72 Å². The fourth-order valence-electron chi connectivity index (χ4n) is 2.63. The zero-order valence-electron chi connectivity index (χ0n) is 14.3. The minimum atomic E-state index is -3.55. The van der Waals surface area contributed by atoms with Crippen molar-refractivity contribution in [1.82, 2.24) is 19.3 Å². The lowest BCUT2D eigenvalue weighted by Crippen LogP contribution is -2.26. The molecule has 2 aromatic heterocycles. The van der Waals surface area contributed by atoms with E-state index < -0.39 is 10.0 Å². The van der Waals surface area contributed by atoms with Crippen LogP contribution in [0.15, 0.2) is 63.3 Å². The van der Waals surface area contributed by atoms with Gasteiger partial charge in [0.2, 0.25) is 15.0 Å². The molecule has 0 bridgehead atoms. The smallest absolute Gasteiger partial charge is 0.211 e. The van der Waals surface area contributed by atoms with Crippen molar-refractivity contribution < 1.29 is 8.42 Å². The number of sulfonamides is 1. The van der Waals surface area contributed by atoms with Gasteiger partial charge in [0.05, 0.1) is 10.6 Å². The monoisotopic (exact) mass is 496 g/mol. The molecular weight excluding hydrogens is 484 g/mol. The van der Waals surface area contributed by atoms with Gasteiger partial charge in [0.15, 0.2) is 5.82 Å². The number of nitrogens with one attached hydrogen (secondary N) is 1. The predicted molar refractivity (Wildman–Crippen MR) is 114 cm³/mol. The van der Waals surface area contributed by atoms with E-state index in [0.717, 1.165) is 20.7 Å². The molecule has 4 rings (SSSR count). The highest BCUT2D eigenvalue weighted by molar-refractivity contribution is 9.10. The second kappa shape index (κ2) is 7.92. The molecule has 0 saturated heterocycles. The van der Waals surface area contributed by atoms with E-state index in [1.54, 1.807) is 40.9 Å². The van der Waals surface area contributed by atoms with Crippen molar-refractivity contribution in [3.63, 3.8) is 0 Å². The van der Waals surface area contributed by atoms with Crippen molar-refractivity contribution >= 4 is 53.9 Å². The van der Waals surface area contributed by atoms with Crippen LogP contribution in [-0.2, 0) is 16.4 Å². The Morgan fingerprint density at radius 2 is 1.82 bits per heavy atom. The topological polar surface area (TPSA) is 76.4 Å². The maximum atomic E-state index is 12.4. The summed E-state index contributed by atoms with van der Waals surface area (Å²) in [5.74, 6) is 0.611. The van der Waals surface area contributed by atoms with Crippen molar-refractivity contribution in [2.24, 2.45) is 0 Å². The molecule has 0 spiro atoms. The third-order valence-corrected chi connectivity index (χ3v) is 7.17. The number of nitrogens with zero attached hydrogens (tertiary/aromatic N) is 3. The van der Waals surface area contributed by atoms with Crippen LogP contribution in [0.1, 0.15) is 5.69 Å². The number of hydrogen-bond acceptors (Lipinski definition) is 5. The van der Waals surface area contributed by atoms with Gasteiger partial charge >= 0.3 is 0 Å². The van der Waals surface area contributed by atoms with E-state index in [1.807, 2.05) is 17.5 Å². The van der Waals surface area contributed by atoms with E-state index in [1.165, 1.54) is 11.3 Å². The molecule has 0 fully saturated rings. The normalized spacial score (nSPS) is 11.9. The third-order valence-electron chi connectivity index (χ3n) is 4.05. The van der Waals surface area contributed by atoms with Crippen LogP contribution in [0.3, 0.4) is 0 Å². The minimum absolute atomic E-state index is 0.233. The van der Waals surface area contributed by atoms with Crippen LogP contribution in [0, 0.1) is 0 Å². The fraction of sp³-hybridized carbons (Fsp3) is 0.111. The molecule has 1 N–H and O–H groups in total. The molecule has 0 aliphatic heterocycles. The Hall–Kier alpha value is -1.78. The van der Waals surface area contributed by atoms with Crippen LogP contribution in [0.2, 0.25) is 5.02 Å². The lowest BCUT2D eigenvalue weighted by molar-refractivity contribution is 0.581.